The SMILES string of the molecule is C/C=C/CCNC(CN)c1ccccc1C. The second-order valence-corrected chi connectivity index (χ2v) is 3.96. The Labute approximate surface area is 98.6 Å². The summed E-state index contributed by atoms with van der Waals surface area (Å²) in [6.07, 6.45) is 5.30. The zero-order valence-corrected chi connectivity index (χ0v) is 10.2. The van der Waals surface area contributed by atoms with Crippen molar-refractivity contribution in [2.75, 3.05) is 13.1 Å². The Kier molecular flexibility index (Phi) is 5.83. The molecule has 0 bridgehead atoms. The van der Waals surface area contributed by atoms with Gasteiger partial charge in [0.1, 0.15) is 0 Å². The van der Waals surface area contributed by atoms with Gasteiger partial charge in [0.25, 0.3) is 0 Å². The molecule has 2 nitrogen and oxygen atoms in total. The molecule has 1 aromatic rings. The lowest BCUT2D eigenvalue weighted by Crippen LogP contribution is -2.29. The molecule has 1 unspecified atom stereocenters. The van der Waals surface area contributed by atoms with Crippen LogP contribution in [0.1, 0.15) is 30.5 Å². The van der Waals surface area contributed by atoms with Gasteiger partial charge in [0.15, 0.2) is 0 Å². The van der Waals surface area contributed by atoms with E-state index in [4.69, 9.17) is 5.73 Å². The Morgan fingerprint density at radius 3 is 2.75 bits per heavy atom. The topological polar surface area (TPSA) is 38.0 Å². The van der Waals surface area contributed by atoms with E-state index in [1.807, 2.05) is 6.92 Å². The van der Waals surface area contributed by atoms with Crippen LogP contribution in [0.15, 0.2) is 36.4 Å². The average molecular weight is 218 g/mol. The lowest BCUT2D eigenvalue weighted by atomic mass is 10.0. The molecule has 0 amide bonds. The molecule has 2 heteroatoms. The maximum atomic E-state index is 5.81. The molecule has 0 spiro atoms. The van der Waals surface area contributed by atoms with Gasteiger partial charge in [-0.3, -0.25) is 0 Å². The Balaban J connectivity index is 2.57. The summed E-state index contributed by atoms with van der Waals surface area (Å²) < 4.78 is 0. The number of hydrogen-bond donors (Lipinski definition) is 2. The molecular formula is C14H22N2. The van der Waals surface area contributed by atoms with Crippen molar-refractivity contribution in [3.63, 3.8) is 0 Å². The number of hydrogen-bond acceptors (Lipinski definition) is 2. The lowest BCUT2D eigenvalue weighted by molar-refractivity contribution is 0.546. The summed E-state index contributed by atoms with van der Waals surface area (Å²) in [6.45, 7) is 5.79. The van der Waals surface area contributed by atoms with Crippen LogP contribution in [0, 0.1) is 6.92 Å². The minimum atomic E-state index is 0.270. The van der Waals surface area contributed by atoms with Crippen LogP contribution in [0.5, 0.6) is 0 Å². The van der Waals surface area contributed by atoms with E-state index in [2.05, 4.69) is 48.7 Å². The summed E-state index contributed by atoms with van der Waals surface area (Å²) in [5.41, 5.74) is 8.42. The van der Waals surface area contributed by atoms with Crippen molar-refractivity contribution < 1.29 is 0 Å². The molecule has 1 rings (SSSR count). The number of nitrogens with one attached hydrogen (secondary N) is 1. The van der Waals surface area contributed by atoms with Gasteiger partial charge >= 0.3 is 0 Å². The minimum absolute atomic E-state index is 0.270. The summed E-state index contributed by atoms with van der Waals surface area (Å²) in [5.74, 6) is 0. The van der Waals surface area contributed by atoms with Crippen LogP contribution in [0.25, 0.3) is 0 Å². The van der Waals surface area contributed by atoms with Gasteiger partial charge in [0, 0.05) is 12.6 Å². The molecule has 88 valence electrons. The number of nitrogens with two attached hydrogens (primary N) is 1. The maximum Gasteiger partial charge on any atom is 0.0447 e. The predicted octanol–water partition coefficient (Wildman–Crippen LogP) is 2.55. The predicted molar refractivity (Wildman–Crippen MR) is 70.4 cm³/mol. The van der Waals surface area contributed by atoms with E-state index in [1.165, 1.54) is 11.1 Å². The van der Waals surface area contributed by atoms with E-state index in [9.17, 15) is 0 Å². The fourth-order valence-electron chi connectivity index (χ4n) is 1.81. The van der Waals surface area contributed by atoms with Crippen LogP contribution in [0.2, 0.25) is 0 Å². The first-order valence-corrected chi connectivity index (χ1v) is 5.89. The minimum Gasteiger partial charge on any atom is -0.329 e. The van der Waals surface area contributed by atoms with Crippen LogP contribution in [0.3, 0.4) is 0 Å². The zero-order chi connectivity index (χ0) is 11.8. The van der Waals surface area contributed by atoms with Crippen LogP contribution < -0.4 is 11.1 Å². The molecule has 1 atom stereocenters. The van der Waals surface area contributed by atoms with Gasteiger partial charge < -0.3 is 11.1 Å². The Hall–Kier alpha value is -1.12. The fraction of sp³-hybridized carbons (Fsp3) is 0.429. The number of allylic oxidation sites excluding steroid dienone is 1. The Morgan fingerprint density at radius 2 is 2.12 bits per heavy atom. The van der Waals surface area contributed by atoms with Crippen LogP contribution in [-0.2, 0) is 0 Å². The third-order valence-corrected chi connectivity index (χ3v) is 2.74. The van der Waals surface area contributed by atoms with Gasteiger partial charge in [0.2, 0.25) is 0 Å². The first kappa shape index (κ1) is 12.9. The third-order valence-electron chi connectivity index (χ3n) is 2.74. The monoisotopic (exact) mass is 218 g/mol. The first-order valence-electron chi connectivity index (χ1n) is 5.89. The largest absolute Gasteiger partial charge is 0.329 e. The standard InChI is InChI=1S/C14H22N2/c1-3-4-7-10-16-14(11-15)13-9-6-5-8-12(13)2/h3-6,8-9,14,16H,7,10-11,15H2,1-2H3/b4-3+. The van der Waals surface area contributed by atoms with Crippen LogP contribution in [-0.4, -0.2) is 13.1 Å². The molecule has 0 saturated heterocycles. The van der Waals surface area contributed by atoms with Crippen molar-refractivity contribution in [3.8, 4) is 0 Å². The smallest absolute Gasteiger partial charge is 0.0447 e. The van der Waals surface area contributed by atoms with Crippen molar-refractivity contribution in [1.82, 2.24) is 5.32 Å². The van der Waals surface area contributed by atoms with Gasteiger partial charge in [-0.1, -0.05) is 36.4 Å². The highest BCUT2D eigenvalue weighted by molar-refractivity contribution is 5.28. The molecule has 0 fully saturated rings. The summed E-state index contributed by atoms with van der Waals surface area (Å²) in [7, 11) is 0. The van der Waals surface area contributed by atoms with Gasteiger partial charge in [-0.2, -0.15) is 0 Å². The molecule has 16 heavy (non-hydrogen) atoms. The summed E-state index contributed by atoms with van der Waals surface area (Å²) in [6, 6.07) is 8.68. The highest BCUT2D eigenvalue weighted by Crippen LogP contribution is 2.16. The summed E-state index contributed by atoms with van der Waals surface area (Å²) in [4.78, 5) is 0. The van der Waals surface area contributed by atoms with E-state index in [0.717, 1.165) is 13.0 Å². The van der Waals surface area contributed by atoms with Crippen molar-refractivity contribution in [2.45, 2.75) is 26.3 Å². The van der Waals surface area contributed by atoms with Crippen LogP contribution >= 0.6 is 0 Å². The van der Waals surface area contributed by atoms with Gasteiger partial charge in [-0.25, -0.2) is 0 Å². The maximum absolute atomic E-state index is 5.81. The molecule has 0 aromatic heterocycles. The van der Waals surface area contributed by atoms with E-state index in [-0.39, 0.29) is 6.04 Å². The second-order valence-electron chi connectivity index (χ2n) is 3.96. The number of aryl methyl sites for hydroxylation is 1. The first-order chi connectivity index (χ1) is 7.79. The zero-order valence-electron chi connectivity index (χ0n) is 10.2. The van der Waals surface area contributed by atoms with E-state index >= 15 is 0 Å². The molecule has 3 N–H and O–H groups in total. The van der Waals surface area contributed by atoms with Crippen molar-refractivity contribution >= 4 is 0 Å². The van der Waals surface area contributed by atoms with Gasteiger partial charge in [0.05, 0.1) is 0 Å². The van der Waals surface area contributed by atoms with Gasteiger partial charge in [-0.05, 0) is 37.9 Å². The number of benzene rings is 1. The lowest BCUT2D eigenvalue weighted by Gasteiger charge is -2.18. The van der Waals surface area contributed by atoms with Crippen LogP contribution in [0.4, 0.5) is 0 Å². The molecule has 0 aliphatic carbocycles. The van der Waals surface area contributed by atoms with Crippen molar-refractivity contribution in [1.29, 1.82) is 0 Å². The number of rotatable bonds is 6. The van der Waals surface area contributed by atoms with Gasteiger partial charge in [-0.15, -0.1) is 0 Å². The van der Waals surface area contributed by atoms with E-state index in [0.29, 0.717) is 6.54 Å². The fourth-order valence-corrected chi connectivity index (χ4v) is 1.81. The van der Waals surface area contributed by atoms with Crippen molar-refractivity contribution in [2.24, 2.45) is 5.73 Å². The van der Waals surface area contributed by atoms with E-state index in [1.54, 1.807) is 0 Å². The average Bonchev–Trinajstić information content (AvgIpc) is 2.31. The Bertz CT molecular complexity index is 331. The highest BCUT2D eigenvalue weighted by Gasteiger charge is 2.09. The van der Waals surface area contributed by atoms with Crippen molar-refractivity contribution in [3.05, 3.63) is 47.5 Å². The third kappa shape index (κ3) is 3.80. The molecule has 0 radical (unpaired) electrons. The normalized spacial score (nSPS) is 13.2. The molecule has 0 aliphatic rings. The molecule has 1 aromatic carbocycles. The second kappa shape index (κ2) is 7.20. The summed E-state index contributed by atoms with van der Waals surface area (Å²) >= 11 is 0. The quantitative estimate of drug-likeness (QED) is 0.569. The molecule has 0 heterocycles. The molecular weight excluding hydrogens is 196 g/mol. The molecule has 0 saturated carbocycles. The Morgan fingerprint density at radius 1 is 1.38 bits per heavy atom. The van der Waals surface area contributed by atoms with E-state index < -0.39 is 0 Å². The summed E-state index contributed by atoms with van der Waals surface area (Å²) in [5, 5.41) is 3.49. The highest BCUT2D eigenvalue weighted by atomic mass is 14.9. The molecule has 0 aliphatic heterocycles.